The van der Waals surface area contributed by atoms with E-state index in [1.165, 1.54) is 23.3 Å². The molecule has 1 aliphatic rings. The van der Waals surface area contributed by atoms with Gasteiger partial charge < -0.3 is 10.6 Å². The molecule has 1 amide bonds. The minimum Gasteiger partial charge on any atom is -0.365 e. The van der Waals surface area contributed by atoms with Crippen LogP contribution < -0.4 is 10.6 Å². The summed E-state index contributed by atoms with van der Waals surface area (Å²) in [6, 6.07) is 6.73. The molecule has 2 atom stereocenters. The average molecular weight is 451 g/mol. The molecule has 2 aromatic heterocycles. The van der Waals surface area contributed by atoms with Gasteiger partial charge in [-0.25, -0.2) is 4.98 Å². The van der Waals surface area contributed by atoms with E-state index in [4.69, 9.17) is 11.6 Å². The Morgan fingerprint density at radius 2 is 1.84 bits per heavy atom. The molecule has 0 aliphatic heterocycles. The third-order valence-electron chi connectivity index (χ3n) is 5.09. The zero-order valence-corrected chi connectivity index (χ0v) is 16.9. The molecule has 2 N–H and O–H groups in total. The van der Waals surface area contributed by atoms with Gasteiger partial charge in [-0.3, -0.25) is 4.79 Å². The van der Waals surface area contributed by atoms with Crippen molar-refractivity contribution in [2.24, 2.45) is 0 Å². The minimum absolute atomic E-state index is 0.168. The van der Waals surface area contributed by atoms with E-state index in [0.717, 1.165) is 31.5 Å². The van der Waals surface area contributed by atoms with Gasteiger partial charge in [-0.2, -0.15) is 28.2 Å². The lowest BCUT2D eigenvalue weighted by atomic mass is 10.1. The number of nitrogens with zero attached hydrogens (tertiary/aromatic N) is 4. The van der Waals surface area contributed by atoms with Crippen LogP contribution in [0.2, 0.25) is 5.02 Å². The summed E-state index contributed by atoms with van der Waals surface area (Å²) in [4.78, 5) is 18.2. The molecule has 2 heterocycles. The molecule has 0 radical (unpaired) electrons. The molecule has 0 spiro atoms. The van der Waals surface area contributed by atoms with Crippen molar-refractivity contribution in [3.63, 3.8) is 0 Å². The molecule has 1 saturated carbocycles. The predicted molar refractivity (Wildman–Crippen MR) is 108 cm³/mol. The van der Waals surface area contributed by atoms with Gasteiger partial charge >= 0.3 is 6.18 Å². The standard InChI is InChI=1S/C20H18ClF3N6O/c21-13-5-6-17(30-26-8-9-27-30)14(10-13)19(31)29-16-3-1-2-15(16)28-18-7-4-12(11-25-18)20(22,23)24/h4-11,15-16H,1-3H2,(H,25,28)(H,29,31)/t15-,16?/m0/s1. The summed E-state index contributed by atoms with van der Waals surface area (Å²) < 4.78 is 38.2. The summed E-state index contributed by atoms with van der Waals surface area (Å²) in [6.07, 6.45) is 1.69. The molecule has 1 unspecified atom stereocenters. The molecular weight excluding hydrogens is 433 g/mol. The number of alkyl halides is 3. The van der Waals surface area contributed by atoms with Crippen LogP contribution in [0.5, 0.6) is 0 Å². The molecule has 0 saturated heterocycles. The number of benzene rings is 1. The number of nitrogens with one attached hydrogen (secondary N) is 2. The van der Waals surface area contributed by atoms with Gasteiger partial charge in [-0.15, -0.1) is 0 Å². The van der Waals surface area contributed by atoms with Crippen LogP contribution in [0.4, 0.5) is 19.0 Å². The predicted octanol–water partition coefficient (Wildman–Crippen LogP) is 4.10. The van der Waals surface area contributed by atoms with Crippen molar-refractivity contribution in [3.8, 4) is 5.69 Å². The highest BCUT2D eigenvalue weighted by molar-refractivity contribution is 6.31. The number of halogens is 4. The average Bonchev–Trinajstić information content (AvgIpc) is 3.40. The number of amides is 1. The van der Waals surface area contributed by atoms with Crippen molar-refractivity contribution in [1.29, 1.82) is 0 Å². The summed E-state index contributed by atoms with van der Waals surface area (Å²) in [6.45, 7) is 0. The highest BCUT2D eigenvalue weighted by atomic mass is 35.5. The maximum Gasteiger partial charge on any atom is 0.417 e. The molecule has 1 fully saturated rings. The van der Waals surface area contributed by atoms with Crippen LogP contribution in [-0.2, 0) is 6.18 Å². The first-order valence-corrected chi connectivity index (χ1v) is 9.96. The Labute approximate surface area is 180 Å². The number of rotatable bonds is 5. The van der Waals surface area contributed by atoms with E-state index in [0.29, 0.717) is 22.1 Å². The maximum absolute atomic E-state index is 13.0. The number of anilines is 1. The molecule has 11 heteroatoms. The lowest BCUT2D eigenvalue weighted by Crippen LogP contribution is -2.43. The number of pyridine rings is 1. The third kappa shape index (κ3) is 4.79. The van der Waals surface area contributed by atoms with Gasteiger partial charge in [-0.1, -0.05) is 11.6 Å². The van der Waals surface area contributed by atoms with Gasteiger partial charge in [0, 0.05) is 23.3 Å². The summed E-state index contributed by atoms with van der Waals surface area (Å²) in [5.74, 6) is -0.0165. The van der Waals surface area contributed by atoms with Crippen LogP contribution in [-0.4, -0.2) is 38.0 Å². The summed E-state index contributed by atoms with van der Waals surface area (Å²) >= 11 is 6.09. The van der Waals surface area contributed by atoms with E-state index < -0.39 is 11.7 Å². The summed E-state index contributed by atoms with van der Waals surface area (Å²) in [5.41, 5.74) is -0.00383. The smallest absolute Gasteiger partial charge is 0.365 e. The fourth-order valence-electron chi connectivity index (χ4n) is 3.59. The lowest BCUT2D eigenvalue weighted by molar-refractivity contribution is -0.137. The Balaban J connectivity index is 1.48. The third-order valence-corrected chi connectivity index (χ3v) is 5.33. The summed E-state index contributed by atoms with van der Waals surface area (Å²) in [7, 11) is 0. The lowest BCUT2D eigenvalue weighted by Gasteiger charge is -2.23. The van der Waals surface area contributed by atoms with E-state index in [1.807, 2.05) is 0 Å². The highest BCUT2D eigenvalue weighted by Gasteiger charge is 2.32. The number of carbonyl (C=O) groups excluding carboxylic acids is 1. The Kier molecular flexibility index (Phi) is 5.81. The monoisotopic (exact) mass is 450 g/mol. The van der Waals surface area contributed by atoms with E-state index in [2.05, 4.69) is 25.8 Å². The minimum atomic E-state index is -4.44. The van der Waals surface area contributed by atoms with Gasteiger partial charge in [0.15, 0.2) is 0 Å². The first-order valence-electron chi connectivity index (χ1n) is 9.58. The maximum atomic E-state index is 13.0. The highest BCUT2D eigenvalue weighted by Crippen LogP contribution is 2.30. The van der Waals surface area contributed by atoms with E-state index >= 15 is 0 Å². The van der Waals surface area contributed by atoms with Crippen molar-refractivity contribution in [1.82, 2.24) is 25.3 Å². The van der Waals surface area contributed by atoms with Gasteiger partial charge in [0.05, 0.1) is 29.2 Å². The van der Waals surface area contributed by atoms with Crippen LogP contribution in [0, 0.1) is 0 Å². The fraction of sp³-hybridized carbons (Fsp3) is 0.300. The van der Waals surface area contributed by atoms with Crippen LogP contribution >= 0.6 is 11.6 Å². The molecular formula is C20H18ClF3N6O. The quantitative estimate of drug-likeness (QED) is 0.611. The Bertz CT molecular complexity index is 1060. The Hall–Kier alpha value is -3.14. The first kappa shape index (κ1) is 21.1. The van der Waals surface area contributed by atoms with Crippen LogP contribution in [0.15, 0.2) is 48.9 Å². The number of hydrogen-bond acceptors (Lipinski definition) is 5. The van der Waals surface area contributed by atoms with Crippen molar-refractivity contribution in [3.05, 3.63) is 65.1 Å². The van der Waals surface area contributed by atoms with Gasteiger partial charge in [0.2, 0.25) is 0 Å². The van der Waals surface area contributed by atoms with Gasteiger partial charge in [0.25, 0.3) is 5.91 Å². The first-order chi connectivity index (χ1) is 14.8. The normalized spacial score (nSPS) is 18.7. The molecule has 1 aliphatic carbocycles. The second-order valence-corrected chi connectivity index (χ2v) is 7.61. The van der Waals surface area contributed by atoms with Crippen molar-refractivity contribution in [2.75, 3.05) is 5.32 Å². The molecule has 31 heavy (non-hydrogen) atoms. The van der Waals surface area contributed by atoms with Gasteiger partial charge in [-0.05, 0) is 49.6 Å². The SMILES string of the molecule is O=C(NC1CCC[C@@H]1Nc1ccc(C(F)(F)F)cn1)c1cc(Cl)ccc1-n1nccn1. The molecule has 0 bridgehead atoms. The molecule has 4 rings (SSSR count). The fourth-order valence-corrected chi connectivity index (χ4v) is 3.77. The van der Waals surface area contributed by atoms with Crippen molar-refractivity contribution < 1.29 is 18.0 Å². The zero-order valence-electron chi connectivity index (χ0n) is 16.1. The largest absolute Gasteiger partial charge is 0.417 e. The second-order valence-electron chi connectivity index (χ2n) is 7.17. The van der Waals surface area contributed by atoms with Crippen LogP contribution in [0.1, 0.15) is 35.2 Å². The van der Waals surface area contributed by atoms with E-state index in [9.17, 15) is 18.0 Å². The molecule has 162 valence electrons. The van der Waals surface area contributed by atoms with Crippen molar-refractivity contribution in [2.45, 2.75) is 37.5 Å². The number of aromatic nitrogens is 4. The topological polar surface area (TPSA) is 84.7 Å². The van der Waals surface area contributed by atoms with E-state index in [-0.39, 0.29) is 18.0 Å². The molecule has 1 aromatic carbocycles. The summed E-state index contributed by atoms with van der Waals surface area (Å²) in [5, 5.41) is 14.7. The van der Waals surface area contributed by atoms with E-state index in [1.54, 1.807) is 18.2 Å². The Morgan fingerprint density at radius 1 is 1.10 bits per heavy atom. The van der Waals surface area contributed by atoms with Gasteiger partial charge in [0.1, 0.15) is 5.82 Å². The number of hydrogen-bond donors (Lipinski definition) is 2. The van der Waals surface area contributed by atoms with Crippen LogP contribution in [0.25, 0.3) is 5.69 Å². The molecule has 3 aromatic rings. The van der Waals surface area contributed by atoms with Crippen LogP contribution in [0.3, 0.4) is 0 Å². The number of carbonyl (C=O) groups is 1. The Morgan fingerprint density at radius 3 is 2.52 bits per heavy atom. The van der Waals surface area contributed by atoms with Crippen molar-refractivity contribution >= 4 is 23.3 Å². The molecule has 7 nitrogen and oxygen atoms in total. The second kappa shape index (κ2) is 8.54. The zero-order chi connectivity index (χ0) is 22.0.